The molecule has 0 saturated heterocycles. The Kier molecular flexibility index (Phi) is 11.0. The first-order valence-electron chi connectivity index (χ1n) is 18.7. The maximum absolute atomic E-state index is 2.52. The van der Waals surface area contributed by atoms with Crippen LogP contribution in [0.3, 0.4) is 0 Å². The highest BCUT2D eigenvalue weighted by atomic mass is 15.0. The van der Waals surface area contributed by atoms with E-state index in [4.69, 9.17) is 0 Å². The van der Waals surface area contributed by atoms with Crippen LogP contribution in [0.15, 0.2) is 109 Å². The molecule has 0 unspecified atom stereocenters. The molecule has 49 heavy (non-hydrogen) atoms. The van der Waals surface area contributed by atoms with Crippen molar-refractivity contribution >= 4 is 0 Å². The molecular weight excluding hydrogens is 591 g/mol. The molecule has 4 aromatic carbocycles. The van der Waals surface area contributed by atoms with Crippen molar-refractivity contribution in [2.45, 2.75) is 124 Å². The Hall–Kier alpha value is -3.97. The van der Waals surface area contributed by atoms with E-state index in [1.165, 1.54) is 99.9 Å². The maximum atomic E-state index is 2.52. The Morgan fingerprint density at radius 1 is 0.490 bits per heavy atom. The molecule has 0 aliphatic heterocycles. The molecule has 1 heteroatoms. The SMILES string of the molecule is CCCCCCCC(C)(C)[n+]1ccccc1-c1cc(-c2cc(-c3ccc(C(C)(C)C)cc3)cc(-c3ccc(C(C)(C)C)cc3)c2)ccc1C. The second-order valence-electron chi connectivity index (χ2n) is 16.9. The number of unbranched alkanes of at least 4 members (excludes halogenated alkanes) is 4. The summed E-state index contributed by atoms with van der Waals surface area (Å²) in [6.07, 6.45) is 9.99. The predicted molar refractivity (Wildman–Crippen MR) is 213 cm³/mol. The maximum Gasteiger partial charge on any atom is 0.213 e. The summed E-state index contributed by atoms with van der Waals surface area (Å²) in [5.41, 5.74) is 14.3. The third kappa shape index (κ3) is 8.80. The van der Waals surface area contributed by atoms with Gasteiger partial charge in [-0.25, -0.2) is 0 Å². The zero-order chi connectivity index (χ0) is 35.4. The molecule has 0 N–H and O–H groups in total. The van der Waals surface area contributed by atoms with E-state index in [-0.39, 0.29) is 16.4 Å². The van der Waals surface area contributed by atoms with Crippen molar-refractivity contribution in [1.82, 2.24) is 0 Å². The summed E-state index contributed by atoms with van der Waals surface area (Å²) in [7, 11) is 0. The molecule has 0 atom stereocenters. The van der Waals surface area contributed by atoms with Crippen LogP contribution in [-0.4, -0.2) is 0 Å². The van der Waals surface area contributed by atoms with Crippen molar-refractivity contribution in [3.05, 3.63) is 126 Å². The van der Waals surface area contributed by atoms with E-state index in [1.54, 1.807) is 0 Å². The number of hydrogen-bond acceptors (Lipinski definition) is 0. The fourth-order valence-corrected chi connectivity index (χ4v) is 7.00. The lowest BCUT2D eigenvalue weighted by Crippen LogP contribution is -2.53. The first-order valence-corrected chi connectivity index (χ1v) is 18.7. The van der Waals surface area contributed by atoms with Crippen LogP contribution in [0.2, 0.25) is 0 Å². The van der Waals surface area contributed by atoms with Gasteiger partial charge in [-0.2, -0.15) is 4.57 Å². The van der Waals surface area contributed by atoms with E-state index in [9.17, 15) is 0 Å². The number of pyridine rings is 1. The van der Waals surface area contributed by atoms with Crippen molar-refractivity contribution in [3.8, 4) is 44.6 Å². The molecule has 256 valence electrons. The number of aryl methyl sites for hydroxylation is 1. The summed E-state index contributed by atoms with van der Waals surface area (Å²) < 4.78 is 2.52. The van der Waals surface area contributed by atoms with Crippen LogP contribution in [0.5, 0.6) is 0 Å². The van der Waals surface area contributed by atoms with Crippen LogP contribution in [0.4, 0.5) is 0 Å². The van der Waals surface area contributed by atoms with Crippen molar-refractivity contribution in [1.29, 1.82) is 0 Å². The van der Waals surface area contributed by atoms with E-state index >= 15 is 0 Å². The summed E-state index contributed by atoms with van der Waals surface area (Å²) in [6.45, 7) is 23.0. The van der Waals surface area contributed by atoms with Crippen LogP contribution < -0.4 is 4.57 Å². The Bertz CT molecular complexity index is 1760. The van der Waals surface area contributed by atoms with Gasteiger partial charge in [-0.15, -0.1) is 0 Å². The van der Waals surface area contributed by atoms with Gasteiger partial charge < -0.3 is 0 Å². The van der Waals surface area contributed by atoms with Crippen molar-refractivity contribution in [2.75, 3.05) is 0 Å². The lowest BCUT2D eigenvalue weighted by molar-refractivity contribution is -0.749. The highest BCUT2D eigenvalue weighted by Gasteiger charge is 2.31. The molecule has 0 bridgehead atoms. The number of aromatic nitrogens is 1. The van der Waals surface area contributed by atoms with Gasteiger partial charge in [0, 0.05) is 38.0 Å². The number of rotatable bonds is 11. The molecule has 0 saturated carbocycles. The Morgan fingerprint density at radius 2 is 0.980 bits per heavy atom. The quantitative estimate of drug-likeness (QED) is 0.0989. The molecular formula is C48H60N+. The third-order valence-corrected chi connectivity index (χ3v) is 10.4. The van der Waals surface area contributed by atoms with Gasteiger partial charge in [-0.3, -0.25) is 0 Å². The lowest BCUT2D eigenvalue weighted by Gasteiger charge is -2.23. The summed E-state index contributed by atoms with van der Waals surface area (Å²) in [6, 6.07) is 39.2. The van der Waals surface area contributed by atoms with E-state index in [1.807, 2.05) is 0 Å². The fraction of sp³-hybridized carbons (Fsp3) is 0.396. The van der Waals surface area contributed by atoms with Gasteiger partial charge in [0.05, 0.1) is 0 Å². The first-order chi connectivity index (χ1) is 23.2. The van der Waals surface area contributed by atoms with Crippen LogP contribution >= 0.6 is 0 Å². The Labute approximate surface area is 298 Å². The topological polar surface area (TPSA) is 3.88 Å². The van der Waals surface area contributed by atoms with Gasteiger partial charge in [0.25, 0.3) is 0 Å². The first kappa shape index (κ1) is 36.3. The van der Waals surface area contributed by atoms with E-state index < -0.39 is 0 Å². The van der Waals surface area contributed by atoms with E-state index in [0.29, 0.717) is 0 Å². The minimum absolute atomic E-state index is 0.0246. The molecule has 0 aliphatic carbocycles. The average Bonchev–Trinajstić information content (AvgIpc) is 3.07. The standard InChI is InChI=1S/C48H60N/c1-11-12-13-14-16-29-48(9,10)49-30-17-15-18-45(49)44-34-38(20-19-35(44)2)41-32-39(36-21-25-42(26-22-36)46(3,4)5)31-40(33-41)37-23-27-43(28-24-37)47(6,7)8/h15,17-28,30-34H,11-14,16,29H2,1-10H3/q+1. The zero-order valence-corrected chi connectivity index (χ0v) is 32.1. The smallest absolute Gasteiger partial charge is 0.194 e. The van der Waals surface area contributed by atoms with Gasteiger partial charge in [0.2, 0.25) is 5.69 Å². The molecule has 0 radical (unpaired) electrons. The molecule has 1 nitrogen and oxygen atoms in total. The lowest BCUT2D eigenvalue weighted by atomic mass is 9.85. The Balaban J connectivity index is 1.60. The second-order valence-corrected chi connectivity index (χ2v) is 16.9. The van der Waals surface area contributed by atoms with Gasteiger partial charge in [0.15, 0.2) is 11.7 Å². The van der Waals surface area contributed by atoms with Crippen molar-refractivity contribution < 1.29 is 4.57 Å². The molecule has 0 spiro atoms. The molecule has 5 rings (SSSR count). The summed E-state index contributed by atoms with van der Waals surface area (Å²) >= 11 is 0. The largest absolute Gasteiger partial charge is 0.213 e. The minimum atomic E-state index is 0.0246. The highest BCUT2D eigenvalue weighted by molar-refractivity contribution is 5.83. The van der Waals surface area contributed by atoms with Crippen LogP contribution in [0, 0.1) is 6.92 Å². The summed E-state index contributed by atoms with van der Waals surface area (Å²) in [4.78, 5) is 0. The molecule has 1 aromatic heterocycles. The molecule has 0 fully saturated rings. The fourth-order valence-electron chi connectivity index (χ4n) is 7.00. The molecule has 0 amide bonds. The van der Waals surface area contributed by atoms with Gasteiger partial charge >= 0.3 is 0 Å². The molecule has 0 aliphatic rings. The monoisotopic (exact) mass is 650 g/mol. The predicted octanol–water partition coefficient (Wildman–Crippen LogP) is 13.6. The number of nitrogens with zero attached hydrogens (tertiary/aromatic N) is 1. The summed E-state index contributed by atoms with van der Waals surface area (Å²) in [5, 5.41) is 0. The second kappa shape index (κ2) is 14.9. The van der Waals surface area contributed by atoms with Crippen LogP contribution in [0.25, 0.3) is 44.6 Å². The molecule has 1 heterocycles. The van der Waals surface area contributed by atoms with E-state index in [0.717, 1.165) is 0 Å². The van der Waals surface area contributed by atoms with Gasteiger partial charge in [-0.1, -0.05) is 135 Å². The molecule has 5 aromatic rings. The van der Waals surface area contributed by atoms with Gasteiger partial charge in [0.1, 0.15) is 0 Å². The van der Waals surface area contributed by atoms with E-state index in [2.05, 4.69) is 183 Å². The average molecular weight is 651 g/mol. The Morgan fingerprint density at radius 3 is 1.49 bits per heavy atom. The number of hydrogen-bond donors (Lipinski definition) is 0. The normalized spacial score (nSPS) is 12.4. The minimum Gasteiger partial charge on any atom is -0.194 e. The summed E-state index contributed by atoms with van der Waals surface area (Å²) in [5.74, 6) is 0. The van der Waals surface area contributed by atoms with Crippen molar-refractivity contribution in [3.63, 3.8) is 0 Å². The van der Waals surface area contributed by atoms with Crippen LogP contribution in [-0.2, 0) is 16.4 Å². The van der Waals surface area contributed by atoms with Crippen LogP contribution in [0.1, 0.15) is 118 Å². The number of benzene rings is 4. The van der Waals surface area contributed by atoms with Gasteiger partial charge in [-0.05, 0) is 105 Å². The highest BCUT2D eigenvalue weighted by Crippen LogP contribution is 2.37. The van der Waals surface area contributed by atoms with Crippen molar-refractivity contribution in [2.24, 2.45) is 0 Å². The zero-order valence-electron chi connectivity index (χ0n) is 32.1. The third-order valence-electron chi connectivity index (χ3n) is 10.4.